The number of para-hydroxylation sites is 2. The molecule has 104 valence electrons. The molecule has 2 aromatic carbocycles. The molecule has 2 heterocycles. The number of benzene rings is 2. The quantitative estimate of drug-likeness (QED) is 0.674. The smallest absolute Gasteiger partial charge is 0.247 e. The summed E-state index contributed by atoms with van der Waals surface area (Å²) < 4.78 is 0. The summed E-state index contributed by atoms with van der Waals surface area (Å²) in [4.78, 5) is 12.4. The van der Waals surface area contributed by atoms with Gasteiger partial charge in [-0.05, 0) is 17.7 Å². The lowest BCUT2D eigenvalue weighted by Crippen LogP contribution is -2.32. The van der Waals surface area contributed by atoms with Crippen LogP contribution in [0.2, 0.25) is 0 Å². The van der Waals surface area contributed by atoms with E-state index >= 15 is 0 Å². The summed E-state index contributed by atoms with van der Waals surface area (Å²) in [5.41, 5.74) is 3.82. The number of amides is 1. The highest BCUT2D eigenvalue weighted by atomic mass is 16.2. The van der Waals surface area contributed by atoms with E-state index in [9.17, 15) is 4.79 Å². The standard InChI is InChI=1S/C16H14N4O/c21-16(14-8-10-4-1-2-6-12(10)18-14)19-13-7-3-5-11-9-17-20-15(11)13/h1-7,9,14,18H,8H2,(H,17,20)(H,19,21)/t14-/m0/s1. The third-order valence-electron chi connectivity index (χ3n) is 3.82. The van der Waals surface area contributed by atoms with Crippen molar-refractivity contribution in [3.8, 4) is 0 Å². The molecular weight excluding hydrogens is 264 g/mol. The van der Waals surface area contributed by atoms with Gasteiger partial charge in [0.15, 0.2) is 0 Å². The van der Waals surface area contributed by atoms with E-state index in [4.69, 9.17) is 0 Å². The Hall–Kier alpha value is -2.82. The molecule has 1 aliphatic heterocycles. The maximum absolute atomic E-state index is 12.4. The predicted octanol–water partition coefficient (Wildman–Crippen LogP) is 2.54. The van der Waals surface area contributed by atoms with Crippen LogP contribution < -0.4 is 10.6 Å². The van der Waals surface area contributed by atoms with Gasteiger partial charge in [-0.25, -0.2) is 0 Å². The fourth-order valence-electron chi connectivity index (χ4n) is 2.75. The fourth-order valence-corrected chi connectivity index (χ4v) is 2.75. The molecule has 1 aromatic heterocycles. The average Bonchev–Trinajstić information content (AvgIpc) is 3.14. The van der Waals surface area contributed by atoms with Gasteiger partial charge in [0.25, 0.3) is 0 Å². The Morgan fingerprint density at radius 2 is 2.10 bits per heavy atom. The van der Waals surface area contributed by atoms with Gasteiger partial charge in [0, 0.05) is 17.5 Å². The highest BCUT2D eigenvalue weighted by molar-refractivity contribution is 6.03. The van der Waals surface area contributed by atoms with Gasteiger partial charge in [0.1, 0.15) is 6.04 Å². The molecule has 0 aliphatic carbocycles. The molecule has 5 nitrogen and oxygen atoms in total. The van der Waals surface area contributed by atoms with Gasteiger partial charge in [-0.3, -0.25) is 9.89 Å². The number of hydrogen-bond acceptors (Lipinski definition) is 3. The minimum Gasteiger partial charge on any atom is -0.373 e. The summed E-state index contributed by atoms with van der Waals surface area (Å²) >= 11 is 0. The van der Waals surface area contributed by atoms with Crippen LogP contribution in [0.5, 0.6) is 0 Å². The molecule has 5 heteroatoms. The Morgan fingerprint density at radius 1 is 1.19 bits per heavy atom. The molecule has 1 aliphatic rings. The third-order valence-corrected chi connectivity index (χ3v) is 3.82. The van der Waals surface area contributed by atoms with Crippen molar-refractivity contribution in [1.82, 2.24) is 10.2 Å². The summed E-state index contributed by atoms with van der Waals surface area (Å²) in [5.74, 6) is -0.0340. The molecule has 0 radical (unpaired) electrons. The maximum atomic E-state index is 12.4. The zero-order chi connectivity index (χ0) is 14.2. The highest BCUT2D eigenvalue weighted by Crippen LogP contribution is 2.26. The van der Waals surface area contributed by atoms with Gasteiger partial charge in [-0.15, -0.1) is 0 Å². The lowest BCUT2D eigenvalue weighted by molar-refractivity contribution is -0.116. The zero-order valence-corrected chi connectivity index (χ0v) is 11.3. The SMILES string of the molecule is O=C(Nc1cccc2cn[nH]c12)[C@@H]1Cc2ccccc2N1. The fraction of sp³-hybridized carbons (Fsp3) is 0.125. The van der Waals surface area contributed by atoms with Gasteiger partial charge in [0.2, 0.25) is 5.91 Å². The molecule has 0 unspecified atom stereocenters. The van der Waals surface area contributed by atoms with Crippen LogP contribution in [0.1, 0.15) is 5.56 Å². The number of nitrogens with one attached hydrogen (secondary N) is 3. The van der Waals surface area contributed by atoms with E-state index in [0.717, 1.165) is 22.3 Å². The highest BCUT2D eigenvalue weighted by Gasteiger charge is 2.26. The molecular formula is C16H14N4O. The lowest BCUT2D eigenvalue weighted by Gasteiger charge is -2.12. The minimum atomic E-state index is -0.236. The Balaban J connectivity index is 1.56. The molecule has 1 amide bonds. The van der Waals surface area contributed by atoms with Gasteiger partial charge in [0.05, 0.1) is 17.4 Å². The van der Waals surface area contributed by atoms with Crippen molar-refractivity contribution in [3.05, 3.63) is 54.2 Å². The number of H-pyrrole nitrogens is 1. The Bertz CT molecular complexity index is 799. The van der Waals surface area contributed by atoms with Crippen LogP contribution in [0.3, 0.4) is 0 Å². The number of nitrogens with zero attached hydrogens (tertiary/aromatic N) is 1. The first kappa shape index (κ1) is 12.0. The van der Waals surface area contributed by atoms with Crippen molar-refractivity contribution < 1.29 is 4.79 Å². The number of anilines is 2. The molecule has 0 saturated carbocycles. The average molecular weight is 278 g/mol. The molecule has 1 atom stereocenters. The van der Waals surface area contributed by atoms with Crippen molar-refractivity contribution in [2.24, 2.45) is 0 Å². The first-order chi connectivity index (χ1) is 10.3. The number of aromatic amines is 1. The van der Waals surface area contributed by atoms with Gasteiger partial charge in [-0.1, -0.05) is 30.3 Å². The summed E-state index contributed by atoms with van der Waals surface area (Å²) in [6, 6.07) is 13.5. The normalized spacial score (nSPS) is 16.5. The summed E-state index contributed by atoms with van der Waals surface area (Å²) in [6.07, 6.45) is 2.45. The summed E-state index contributed by atoms with van der Waals surface area (Å²) in [5, 5.41) is 14.1. The van der Waals surface area contributed by atoms with Crippen LogP contribution in [0, 0.1) is 0 Å². The molecule has 4 rings (SSSR count). The monoisotopic (exact) mass is 278 g/mol. The largest absolute Gasteiger partial charge is 0.373 e. The van der Waals surface area contributed by atoms with Crippen LogP contribution in [-0.2, 0) is 11.2 Å². The van der Waals surface area contributed by atoms with E-state index in [1.165, 1.54) is 5.56 Å². The van der Waals surface area contributed by atoms with Crippen molar-refractivity contribution in [1.29, 1.82) is 0 Å². The summed E-state index contributed by atoms with van der Waals surface area (Å²) in [7, 11) is 0. The molecule has 0 bridgehead atoms. The first-order valence-corrected chi connectivity index (χ1v) is 6.89. The molecule has 0 spiro atoms. The first-order valence-electron chi connectivity index (χ1n) is 6.89. The van der Waals surface area contributed by atoms with E-state index < -0.39 is 0 Å². The Labute approximate surface area is 121 Å². The molecule has 3 aromatic rings. The van der Waals surface area contributed by atoms with Crippen LogP contribution in [0.4, 0.5) is 11.4 Å². The van der Waals surface area contributed by atoms with Crippen molar-refractivity contribution in [2.75, 3.05) is 10.6 Å². The zero-order valence-electron chi connectivity index (χ0n) is 11.3. The van der Waals surface area contributed by atoms with Crippen molar-refractivity contribution >= 4 is 28.2 Å². The topological polar surface area (TPSA) is 69.8 Å². The second-order valence-electron chi connectivity index (χ2n) is 5.19. The summed E-state index contributed by atoms with van der Waals surface area (Å²) in [6.45, 7) is 0. The Morgan fingerprint density at radius 3 is 3.00 bits per heavy atom. The van der Waals surface area contributed by atoms with E-state index in [1.807, 2.05) is 42.5 Å². The number of carbonyl (C=O) groups excluding carboxylic acids is 1. The van der Waals surface area contributed by atoms with E-state index in [2.05, 4.69) is 20.8 Å². The number of carbonyl (C=O) groups is 1. The van der Waals surface area contributed by atoms with Gasteiger partial charge >= 0.3 is 0 Å². The number of aromatic nitrogens is 2. The van der Waals surface area contributed by atoms with E-state index in [1.54, 1.807) is 6.20 Å². The predicted molar refractivity (Wildman–Crippen MR) is 82.3 cm³/mol. The van der Waals surface area contributed by atoms with E-state index in [0.29, 0.717) is 6.42 Å². The van der Waals surface area contributed by atoms with Crippen LogP contribution >= 0.6 is 0 Å². The Kier molecular flexibility index (Phi) is 2.64. The second-order valence-corrected chi connectivity index (χ2v) is 5.19. The van der Waals surface area contributed by atoms with Crippen LogP contribution in [0.25, 0.3) is 10.9 Å². The van der Waals surface area contributed by atoms with Gasteiger partial charge < -0.3 is 10.6 Å². The molecule has 21 heavy (non-hydrogen) atoms. The number of hydrogen-bond donors (Lipinski definition) is 3. The molecule has 0 saturated heterocycles. The van der Waals surface area contributed by atoms with E-state index in [-0.39, 0.29) is 11.9 Å². The van der Waals surface area contributed by atoms with Crippen molar-refractivity contribution in [2.45, 2.75) is 12.5 Å². The van der Waals surface area contributed by atoms with Gasteiger partial charge in [-0.2, -0.15) is 5.10 Å². The molecule has 3 N–H and O–H groups in total. The second kappa shape index (κ2) is 4.63. The number of fused-ring (bicyclic) bond motifs is 2. The number of rotatable bonds is 2. The van der Waals surface area contributed by atoms with Crippen LogP contribution in [-0.4, -0.2) is 22.1 Å². The van der Waals surface area contributed by atoms with Crippen molar-refractivity contribution in [3.63, 3.8) is 0 Å². The minimum absolute atomic E-state index is 0.0340. The lowest BCUT2D eigenvalue weighted by atomic mass is 10.1. The maximum Gasteiger partial charge on any atom is 0.247 e. The third kappa shape index (κ3) is 2.03. The van der Waals surface area contributed by atoms with Crippen LogP contribution in [0.15, 0.2) is 48.7 Å². The molecule has 0 fully saturated rings.